The van der Waals surface area contributed by atoms with Gasteiger partial charge in [0.05, 0.1) is 6.04 Å². The average molecular weight is 317 g/mol. The van der Waals surface area contributed by atoms with E-state index in [0.717, 1.165) is 24.1 Å². The highest BCUT2D eigenvalue weighted by atomic mass is 16.6. The number of piperazine rings is 1. The van der Waals surface area contributed by atoms with E-state index in [1.807, 2.05) is 26.8 Å². The molecule has 2 atom stereocenters. The zero-order chi connectivity index (χ0) is 16.8. The summed E-state index contributed by atoms with van der Waals surface area (Å²) in [5, 5.41) is 0. The molecule has 0 unspecified atom stereocenters. The number of rotatable bonds is 1. The summed E-state index contributed by atoms with van der Waals surface area (Å²) in [5.74, 6) is 0.942. The Kier molecular flexibility index (Phi) is 3.78. The van der Waals surface area contributed by atoms with Crippen molar-refractivity contribution in [2.75, 3.05) is 18.0 Å². The number of nitrogens with zero attached hydrogens (tertiary/aromatic N) is 3. The summed E-state index contributed by atoms with van der Waals surface area (Å²) in [6.45, 7) is 8.95. The second-order valence-corrected chi connectivity index (χ2v) is 7.37. The van der Waals surface area contributed by atoms with Gasteiger partial charge in [-0.1, -0.05) is 0 Å². The first-order valence-corrected chi connectivity index (χ1v) is 7.99. The van der Waals surface area contributed by atoms with Crippen LogP contribution in [-0.2, 0) is 11.2 Å². The maximum Gasteiger partial charge on any atom is 0.410 e. The highest BCUT2D eigenvalue weighted by Gasteiger charge is 2.41. The van der Waals surface area contributed by atoms with Gasteiger partial charge in [-0.3, -0.25) is 4.79 Å². The second-order valence-electron chi connectivity index (χ2n) is 7.37. The Balaban J connectivity index is 1.78. The molecule has 2 aliphatic heterocycles. The normalized spacial score (nSPS) is 23.3. The first-order chi connectivity index (χ1) is 10.8. The van der Waals surface area contributed by atoms with Crippen molar-refractivity contribution in [1.29, 1.82) is 0 Å². The SMILES string of the molecule is C[C@@H]1CN(C(=O)OC(C)(C)C)C[C@H]2Cc3cc(C=O)cnc3N21. The molecule has 1 aromatic rings. The standard InChI is InChI=1S/C17H23N3O3/c1-11-8-19(16(22)23-17(2,3)4)9-14-6-13-5-12(10-21)7-18-15(13)20(11)14/h5,7,10-11,14H,6,8-9H2,1-4H3/t11-,14-/m1/s1. The third-order valence-electron chi connectivity index (χ3n) is 4.24. The van der Waals surface area contributed by atoms with E-state index in [1.165, 1.54) is 0 Å². The zero-order valence-electron chi connectivity index (χ0n) is 14.1. The number of carbonyl (C=O) groups is 2. The molecule has 0 bridgehead atoms. The van der Waals surface area contributed by atoms with E-state index in [4.69, 9.17) is 4.74 Å². The van der Waals surface area contributed by atoms with Crippen LogP contribution in [0.25, 0.3) is 0 Å². The van der Waals surface area contributed by atoms with E-state index < -0.39 is 5.60 Å². The number of carbonyl (C=O) groups excluding carboxylic acids is 2. The van der Waals surface area contributed by atoms with E-state index >= 15 is 0 Å². The van der Waals surface area contributed by atoms with Gasteiger partial charge in [-0.05, 0) is 45.7 Å². The number of amides is 1. The summed E-state index contributed by atoms with van der Waals surface area (Å²) >= 11 is 0. The van der Waals surface area contributed by atoms with Gasteiger partial charge in [0.1, 0.15) is 11.4 Å². The fourth-order valence-electron chi connectivity index (χ4n) is 3.43. The number of pyridine rings is 1. The van der Waals surface area contributed by atoms with E-state index in [9.17, 15) is 9.59 Å². The molecule has 124 valence electrons. The number of aromatic nitrogens is 1. The molecular formula is C17H23N3O3. The molecule has 0 N–H and O–H groups in total. The molecule has 1 aromatic heterocycles. The van der Waals surface area contributed by atoms with Gasteiger partial charge in [-0.15, -0.1) is 0 Å². The molecule has 0 saturated carbocycles. The summed E-state index contributed by atoms with van der Waals surface area (Å²) in [4.78, 5) is 31.8. The van der Waals surface area contributed by atoms with Crippen LogP contribution in [0, 0.1) is 0 Å². The first kappa shape index (κ1) is 15.8. The quantitative estimate of drug-likeness (QED) is 0.744. The number of hydrogen-bond donors (Lipinski definition) is 0. The van der Waals surface area contributed by atoms with E-state index in [2.05, 4.69) is 16.8 Å². The topological polar surface area (TPSA) is 62.7 Å². The van der Waals surface area contributed by atoms with E-state index in [1.54, 1.807) is 11.1 Å². The van der Waals surface area contributed by atoms with Crippen molar-refractivity contribution in [2.24, 2.45) is 0 Å². The maximum atomic E-state index is 12.3. The Labute approximate surface area is 136 Å². The predicted molar refractivity (Wildman–Crippen MR) is 86.9 cm³/mol. The molecule has 3 rings (SSSR count). The largest absolute Gasteiger partial charge is 0.444 e. The number of anilines is 1. The van der Waals surface area contributed by atoms with Crippen molar-refractivity contribution < 1.29 is 14.3 Å². The smallest absolute Gasteiger partial charge is 0.410 e. The summed E-state index contributed by atoms with van der Waals surface area (Å²) in [5.41, 5.74) is 1.19. The molecule has 0 spiro atoms. The van der Waals surface area contributed by atoms with Crippen LogP contribution in [0.1, 0.15) is 43.6 Å². The van der Waals surface area contributed by atoms with Crippen LogP contribution in [0.4, 0.5) is 10.6 Å². The molecular weight excluding hydrogens is 294 g/mol. The molecule has 2 aliphatic rings. The second kappa shape index (κ2) is 5.51. The predicted octanol–water partition coefficient (Wildman–Crippen LogP) is 2.26. The van der Waals surface area contributed by atoms with Gasteiger partial charge in [0.15, 0.2) is 6.29 Å². The lowest BCUT2D eigenvalue weighted by Crippen LogP contribution is -2.58. The van der Waals surface area contributed by atoms with E-state index in [0.29, 0.717) is 18.7 Å². The van der Waals surface area contributed by atoms with Crippen molar-refractivity contribution in [3.05, 3.63) is 23.4 Å². The summed E-state index contributed by atoms with van der Waals surface area (Å²) < 4.78 is 5.49. The fourth-order valence-corrected chi connectivity index (χ4v) is 3.43. The third kappa shape index (κ3) is 3.02. The lowest BCUT2D eigenvalue weighted by atomic mass is 10.1. The van der Waals surface area contributed by atoms with E-state index in [-0.39, 0.29) is 18.2 Å². The molecule has 6 heteroatoms. The Hall–Kier alpha value is -2.11. The Bertz CT molecular complexity index is 638. The first-order valence-electron chi connectivity index (χ1n) is 7.99. The highest BCUT2D eigenvalue weighted by molar-refractivity contribution is 5.76. The molecule has 1 fully saturated rings. The maximum absolute atomic E-state index is 12.3. The lowest BCUT2D eigenvalue weighted by Gasteiger charge is -2.43. The number of hydrogen-bond acceptors (Lipinski definition) is 5. The molecule has 0 aromatic carbocycles. The average Bonchev–Trinajstić information content (AvgIpc) is 2.82. The van der Waals surface area contributed by atoms with Crippen LogP contribution in [0.2, 0.25) is 0 Å². The summed E-state index contributed by atoms with van der Waals surface area (Å²) in [6, 6.07) is 2.26. The zero-order valence-corrected chi connectivity index (χ0v) is 14.1. The third-order valence-corrected chi connectivity index (χ3v) is 4.24. The number of fused-ring (bicyclic) bond motifs is 3. The van der Waals surface area contributed by atoms with Crippen molar-refractivity contribution in [3.63, 3.8) is 0 Å². The minimum absolute atomic E-state index is 0.164. The van der Waals surface area contributed by atoms with Crippen LogP contribution < -0.4 is 4.90 Å². The van der Waals surface area contributed by atoms with Gasteiger partial charge in [0.25, 0.3) is 0 Å². The summed E-state index contributed by atoms with van der Waals surface area (Å²) in [6.07, 6.45) is 2.97. The molecule has 1 saturated heterocycles. The van der Waals surface area contributed by atoms with Crippen molar-refractivity contribution in [1.82, 2.24) is 9.88 Å². The minimum Gasteiger partial charge on any atom is -0.444 e. The van der Waals surface area contributed by atoms with Crippen molar-refractivity contribution in [3.8, 4) is 0 Å². The summed E-state index contributed by atoms with van der Waals surface area (Å²) in [7, 11) is 0. The van der Waals surface area contributed by atoms with Crippen LogP contribution >= 0.6 is 0 Å². The van der Waals surface area contributed by atoms with Crippen LogP contribution in [-0.4, -0.2) is 53.0 Å². The molecule has 23 heavy (non-hydrogen) atoms. The Morgan fingerprint density at radius 2 is 2.13 bits per heavy atom. The Morgan fingerprint density at radius 1 is 1.39 bits per heavy atom. The fraction of sp³-hybridized carbons (Fsp3) is 0.588. The van der Waals surface area contributed by atoms with Gasteiger partial charge in [-0.25, -0.2) is 9.78 Å². The van der Waals surface area contributed by atoms with Crippen LogP contribution in [0.15, 0.2) is 12.3 Å². The highest BCUT2D eigenvalue weighted by Crippen LogP contribution is 2.35. The van der Waals surface area contributed by atoms with Gasteiger partial charge in [-0.2, -0.15) is 0 Å². The van der Waals surface area contributed by atoms with Crippen LogP contribution in [0.3, 0.4) is 0 Å². The number of aldehydes is 1. The minimum atomic E-state index is -0.490. The monoisotopic (exact) mass is 317 g/mol. The molecule has 0 aliphatic carbocycles. The van der Waals surface area contributed by atoms with Crippen molar-refractivity contribution in [2.45, 2.75) is 51.8 Å². The Morgan fingerprint density at radius 3 is 2.78 bits per heavy atom. The molecule has 1 amide bonds. The van der Waals surface area contributed by atoms with Crippen molar-refractivity contribution >= 4 is 18.2 Å². The molecule has 0 radical (unpaired) electrons. The number of ether oxygens (including phenoxy) is 1. The molecule has 3 heterocycles. The molecule has 6 nitrogen and oxygen atoms in total. The van der Waals surface area contributed by atoms with Gasteiger partial charge < -0.3 is 14.5 Å². The van der Waals surface area contributed by atoms with Gasteiger partial charge in [0, 0.05) is 30.9 Å². The van der Waals surface area contributed by atoms with Gasteiger partial charge >= 0.3 is 6.09 Å². The van der Waals surface area contributed by atoms with Gasteiger partial charge in [0.2, 0.25) is 0 Å². The van der Waals surface area contributed by atoms with Crippen LogP contribution in [0.5, 0.6) is 0 Å². The lowest BCUT2D eigenvalue weighted by molar-refractivity contribution is 0.0191.